The summed E-state index contributed by atoms with van der Waals surface area (Å²) in [6, 6.07) is 8.05. The number of urea groups is 1. The zero-order valence-electron chi connectivity index (χ0n) is 18.4. The van der Waals surface area contributed by atoms with E-state index in [1.54, 1.807) is 43.6 Å². The zero-order chi connectivity index (χ0) is 23.5. The SMILES string of the molecule is COc1ccc(NC(=O)Nc2cncc(C(=O)c3cn(C(C)C)c4ncnc(N)c34)c2)cc1. The Hall–Kier alpha value is -4.47. The van der Waals surface area contributed by atoms with E-state index in [2.05, 4.69) is 25.6 Å². The highest BCUT2D eigenvalue weighted by Crippen LogP contribution is 2.28. The normalized spacial score (nSPS) is 10.9. The Bertz CT molecular complexity index is 1330. The smallest absolute Gasteiger partial charge is 0.323 e. The van der Waals surface area contributed by atoms with Gasteiger partial charge in [-0.25, -0.2) is 14.8 Å². The van der Waals surface area contributed by atoms with Gasteiger partial charge in [0.25, 0.3) is 0 Å². The molecule has 3 aromatic heterocycles. The molecule has 1 aromatic carbocycles. The van der Waals surface area contributed by atoms with Crippen LogP contribution in [0.2, 0.25) is 0 Å². The zero-order valence-corrected chi connectivity index (χ0v) is 18.4. The average molecular weight is 445 g/mol. The second-order valence-corrected chi connectivity index (χ2v) is 7.60. The van der Waals surface area contributed by atoms with Crippen LogP contribution in [-0.2, 0) is 0 Å². The molecular formula is C23H23N7O3. The number of hydrogen-bond acceptors (Lipinski definition) is 7. The molecule has 4 N–H and O–H groups in total. The molecule has 10 nitrogen and oxygen atoms in total. The monoisotopic (exact) mass is 445 g/mol. The van der Waals surface area contributed by atoms with Crippen LogP contribution in [0.25, 0.3) is 11.0 Å². The molecule has 4 aromatic rings. The summed E-state index contributed by atoms with van der Waals surface area (Å²) in [7, 11) is 1.57. The highest BCUT2D eigenvalue weighted by atomic mass is 16.5. The number of nitrogens with one attached hydrogen (secondary N) is 2. The van der Waals surface area contributed by atoms with Crippen molar-refractivity contribution in [2.75, 3.05) is 23.5 Å². The van der Waals surface area contributed by atoms with E-state index in [4.69, 9.17) is 10.5 Å². The fraction of sp³-hybridized carbons (Fsp3) is 0.174. The first kappa shape index (κ1) is 21.8. The minimum atomic E-state index is -0.472. The number of aromatic nitrogens is 4. The molecule has 33 heavy (non-hydrogen) atoms. The van der Waals surface area contributed by atoms with Crippen molar-refractivity contribution in [2.24, 2.45) is 0 Å². The largest absolute Gasteiger partial charge is 0.497 e. The summed E-state index contributed by atoms with van der Waals surface area (Å²) in [5.74, 6) is 0.609. The van der Waals surface area contributed by atoms with Crippen LogP contribution in [0, 0.1) is 0 Å². The molecule has 0 fully saturated rings. The maximum absolute atomic E-state index is 13.3. The number of nitrogen functional groups attached to an aromatic ring is 1. The number of rotatable bonds is 6. The van der Waals surface area contributed by atoms with Crippen molar-refractivity contribution in [3.8, 4) is 5.75 Å². The van der Waals surface area contributed by atoms with E-state index in [-0.39, 0.29) is 17.6 Å². The molecule has 0 atom stereocenters. The standard InChI is InChI=1S/C23H23N7O3/c1-13(2)30-11-18(19-21(24)26-12-27-22(19)30)20(31)14-8-16(10-25-9-14)29-23(32)28-15-4-6-17(33-3)7-5-15/h4-13H,1-3H3,(H2,24,26,27)(H2,28,29,32). The predicted octanol–water partition coefficient (Wildman–Crippen LogP) is 3.87. The van der Waals surface area contributed by atoms with Gasteiger partial charge in [0.2, 0.25) is 0 Å². The van der Waals surface area contributed by atoms with E-state index < -0.39 is 6.03 Å². The van der Waals surface area contributed by atoms with Crippen molar-refractivity contribution in [2.45, 2.75) is 19.9 Å². The van der Waals surface area contributed by atoms with E-state index in [1.165, 1.54) is 18.7 Å². The Morgan fingerprint density at radius 2 is 1.79 bits per heavy atom. The second kappa shape index (κ2) is 8.95. The first-order valence-electron chi connectivity index (χ1n) is 10.2. The number of anilines is 3. The molecule has 10 heteroatoms. The van der Waals surface area contributed by atoms with Crippen LogP contribution in [-0.4, -0.2) is 38.4 Å². The second-order valence-electron chi connectivity index (χ2n) is 7.60. The third kappa shape index (κ3) is 4.45. The van der Waals surface area contributed by atoms with Crippen molar-refractivity contribution in [1.29, 1.82) is 0 Å². The topological polar surface area (TPSA) is 137 Å². The quantitative estimate of drug-likeness (QED) is 0.383. The number of fused-ring (bicyclic) bond motifs is 1. The van der Waals surface area contributed by atoms with Crippen molar-refractivity contribution in [3.05, 3.63) is 66.4 Å². The number of benzene rings is 1. The average Bonchev–Trinajstić information content (AvgIpc) is 3.20. The van der Waals surface area contributed by atoms with Crippen molar-refractivity contribution in [1.82, 2.24) is 19.5 Å². The number of ether oxygens (including phenoxy) is 1. The molecule has 0 bridgehead atoms. The molecule has 0 aliphatic rings. The van der Waals surface area contributed by atoms with Crippen molar-refractivity contribution < 1.29 is 14.3 Å². The maximum Gasteiger partial charge on any atom is 0.323 e. The van der Waals surface area contributed by atoms with E-state index in [0.717, 1.165) is 0 Å². The Morgan fingerprint density at radius 1 is 1.06 bits per heavy atom. The van der Waals surface area contributed by atoms with Crippen LogP contribution in [0.3, 0.4) is 0 Å². The summed E-state index contributed by atoms with van der Waals surface area (Å²) >= 11 is 0. The molecule has 0 aliphatic carbocycles. The number of carbonyl (C=O) groups is 2. The van der Waals surface area contributed by atoms with Gasteiger partial charge < -0.3 is 25.7 Å². The Kier molecular flexibility index (Phi) is 5.90. The number of methoxy groups -OCH3 is 1. The van der Waals surface area contributed by atoms with E-state index in [0.29, 0.717) is 39.3 Å². The van der Waals surface area contributed by atoms with Gasteiger partial charge in [0, 0.05) is 29.7 Å². The van der Waals surface area contributed by atoms with Gasteiger partial charge in [0.1, 0.15) is 23.5 Å². The predicted molar refractivity (Wildman–Crippen MR) is 126 cm³/mol. The van der Waals surface area contributed by atoms with Crippen LogP contribution in [0.5, 0.6) is 5.75 Å². The lowest BCUT2D eigenvalue weighted by Crippen LogP contribution is -2.19. The summed E-state index contributed by atoms with van der Waals surface area (Å²) < 4.78 is 6.98. The summed E-state index contributed by atoms with van der Waals surface area (Å²) in [4.78, 5) is 38.2. The van der Waals surface area contributed by atoms with Gasteiger partial charge in [0.05, 0.1) is 29.9 Å². The van der Waals surface area contributed by atoms with E-state index in [9.17, 15) is 9.59 Å². The summed E-state index contributed by atoms with van der Waals surface area (Å²) in [6.45, 7) is 3.97. The molecule has 2 amide bonds. The van der Waals surface area contributed by atoms with Crippen molar-refractivity contribution >= 4 is 40.0 Å². The van der Waals surface area contributed by atoms with Crippen LogP contribution in [0.4, 0.5) is 22.0 Å². The molecule has 0 saturated heterocycles. The lowest BCUT2D eigenvalue weighted by molar-refractivity contribution is 0.103. The summed E-state index contributed by atoms with van der Waals surface area (Å²) in [5, 5.41) is 5.89. The number of amides is 2. The number of ketones is 1. The lowest BCUT2D eigenvalue weighted by atomic mass is 10.1. The molecule has 3 heterocycles. The van der Waals surface area contributed by atoms with Gasteiger partial charge in [-0.2, -0.15) is 0 Å². The minimum absolute atomic E-state index is 0.0659. The fourth-order valence-corrected chi connectivity index (χ4v) is 3.43. The number of nitrogens with two attached hydrogens (primary N) is 1. The molecule has 0 aliphatic heterocycles. The van der Waals surface area contributed by atoms with E-state index >= 15 is 0 Å². The molecule has 168 valence electrons. The molecule has 0 unspecified atom stereocenters. The van der Waals surface area contributed by atoms with Gasteiger partial charge >= 0.3 is 6.03 Å². The van der Waals surface area contributed by atoms with Gasteiger partial charge in [0.15, 0.2) is 5.78 Å². The molecular weight excluding hydrogens is 422 g/mol. The molecule has 0 radical (unpaired) electrons. The summed E-state index contributed by atoms with van der Waals surface area (Å²) in [5.41, 5.74) is 8.27. The number of hydrogen-bond donors (Lipinski definition) is 3. The number of pyridine rings is 1. The van der Waals surface area contributed by atoms with Crippen LogP contribution in [0.1, 0.15) is 35.8 Å². The first-order chi connectivity index (χ1) is 15.9. The fourth-order valence-electron chi connectivity index (χ4n) is 3.43. The minimum Gasteiger partial charge on any atom is -0.497 e. The third-order valence-corrected chi connectivity index (χ3v) is 5.05. The van der Waals surface area contributed by atoms with Gasteiger partial charge in [-0.1, -0.05) is 0 Å². The number of nitrogens with zero attached hydrogens (tertiary/aromatic N) is 4. The molecule has 4 rings (SSSR count). The van der Waals surface area contributed by atoms with Crippen LogP contribution < -0.4 is 21.1 Å². The van der Waals surface area contributed by atoms with Gasteiger partial charge in [-0.3, -0.25) is 9.78 Å². The Labute approximate surface area is 189 Å². The summed E-state index contributed by atoms with van der Waals surface area (Å²) in [6.07, 6.45) is 5.99. The highest BCUT2D eigenvalue weighted by molar-refractivity contribution is 6.18. The van der Waals surface area contributed by atoms with Crippen LogP contribution in [0.15, 0.2) is 55.2 Å². The molecule has 0 saturated carbocycles. The van der Waals surface area contributed by atoms with E-state index in [1.807, 2.05) is 18.4 Å². The molecule has 0 spiro atoms. The lowest BCUT2D eigenvalue weighted by Gasteiger charge is -2.09. The van der Waals surface area contributed by atoms with Crippen LogP contribution >= 0.6 is 0 Å². The Balaban J connectivity index is 1.58. The number of carbonyl (C=O) groups excluding carboxylic acids is 2. The highest BCUT2D eigenvalue weighted by Gasteiger charge is 2.22. The van der Waals surface area contributed by atoms with Crippen molar-refractivity contribution in [3.63, 3.8) is 0 Å². The first-order valence-corrected chi connectivity index (χ1v) is 10.2. The Morgan fingerprint density at radius 3 is 2.48 bits per heavy atom. The third-order valence-electron chi connectivity index (χ3n) is 5.05. The maximum atomic E-state index is 13.3. The van der Waals surface area contributed by atoms with Gasteiger partial charge in [-0.05, 0) is 44.2 Å². The van der Waals surface area contributed by atoms with Gasteiger partial charge in [-0.15, -0.1) is 0 Å².